The molecule has 1 N–H and O–H groups in total. The lowest BCUT2D eigenvalue weighted by molar-refractivity contribution is -0.385. The van der Waals surface area contributed by atoms with Gasteiger partial charge in [0, 0.05) is 18.7 Å². The number of nitrogens with zero attached hydrogens (tertiary/aromatic N) is 3. The van der Waals surface area contributed by atoms with Crippen molar-refractivity contribution in [3.05, 3.63) is 76.1 Å². The van der Waals surface area contributed by atoms with Crippen LogP contribution in [-0.4, -0.2) is 20.6 Å². The lowest BCUT2D eigenvalue weighted by Crippen LogP contribution is -2.14. The predicted molar refractivity (Wildman–Crippen MR) is 96.8 cm³/mol. The van der Waals surface area contributed by atoms with E-state index in [4.69, 9.17) is 0 Å². The maximum Gasteiger partial charge on any atom is 0.306 e. The SMILES string of the molecule is O=C(CCn1cc([N+](=O)[O-])cn1)Nc1ccc2c(c1)Cc1ccccc1-2. The minimum Gasteiger partial charge on any atom is -0.326 e. The Morgan fingerprint density at radius 3 is 2.81 bits per heavy atom. The van der Waals surface area contributed by atoms with E-state index in [1.54, 1.807) is 0 Å². The molecule has 7 nitrogen and oxygen atoms in total. The molecule has 0 bridgehead atoms. The van der Waals surface area contributed by atoms with Crippen molar-refractivity contribution < 1.29 is 9.72 Å². The molecule has 3 aromatic rings. The second kappa shape index (κ2) is 6.44. The van der Waals surface area contributed by atoms with Gasteiger partial charge in [0.05, 0.1) is 4.92 Å². The van der Waals surface area contributed by atoms with Crippen LogP contribution in [0.1, 0.15) is 17.5 Å². The zero-order valence-corrected chi connectivity index (χ0v) is 13.9. The number of aromatic nitrogens is 2. The smallest absolute Gasteiger partial charge is 0.306 e. The molecule has 1 heterocycles. The first kappa shape index (κ1) is 16.0. The van der Waals surface area contributed by atoms with Gasteiger partial charge in [-0.05, 0) is 40.8 Å². The summed E-state index contributed by atoms with van der Waals surface area (Å²) in [4.78, 5) is 22.3. The zero-order valence-electron chi connectivity index (χ0n) is 13.9. The van der Waals surface area contributed by atoms with Gasteiger partial charge in [0.25, 0.3) is 0 Å². The minimum atomic E-state index is -0.508. The summed E-state index contributed by atoms with van der Waals surface area (Å²) in [5, 5.41) is 17.4. The van der Waals surface area contributed by atoms with E-state index in [-0.39, 0.29) is 24.6 Å². The van der Waals surface area contributed by atoms with Gasteiger partial charge in [0.15, 0.2) is 0 Å². The van der Waals surface area contributed by atoms with E-state index in [2.05, 4.69) is 22.5 Å². The molecule has 0 atom stereocenters. The van der Waals surface area contributed by atoms with Crippen LogP contribution in [0.25, 0.3) is 11.1 Å². The van der Waals surface area contributed by atoms with Crippen LogP contribution in [0.3, 0.4) is 0 Å². The molecule has 2 aromatic carbocycles. The molecular weight excluding hydrogens is 332 g/mol. The normalized spacial score (nSPS) is 11.7. The summed E-state index contributed by atoms with van der Waals surface area (Å²) in [5.74, 6) is -0.154. The van der Waals surface area contributed by atoms with Crippen molar-refractivity contribution >= 4 is 17.3 Å². The summed E-state index contributed by atoms with van der Waals surface area (Å²) in [7, 11) is 0. The molecule has 0 radical (unpaired) electrons. The number of hydrogen-bond acceptors (Lipinski definition) is 4. The van der Waals surface area contributed by atoms with Gasteiger partial charge >= 0.3 is 5.69 Å². The molecule has 1 aliphatic carbocycles. The van der Waals surface area contributed by atoms with Crippen molar-refractivity contribution in [2.75, 3.05) is 5.32 Å². The van der Waals surface area contributed by atoms with Crippen molar-refractivity contribution in [2.24, 2.45) is 0 Å². The van der Waals surface area contributed by atoms with Gasteiger partial charge in [-0.25, -0.2) is 0 Å². The average molecular weight is 348 g/mol. The van der Waals surface area contributed by atoms with Crippen molar-refractivity contribution in [3.8, 4) is 11.1 Å². The fourth-order valence-electron chi connectivity index (χ4n) is 3.23. The van der Waals surface area contributed by atoms with Gasteiger partial charge in [0.2, 0.25) is 5.91 Å². The lowest BCUT2D eigenvalue weighted by Gasteiger charge is -2.08. The highest BCUT2D eigenvalue weighted by atomic mass is 16.6. The molecule has 1 aromatic heterocycles. The van der Waals surface area contributed by atoms with Gasteiger partial charge in [-0.2, -0.15) is 5.10 Å². The third-order valence-electron chi connectivity index (χ3n) is 4.48. The van der Waals surface area contributed by atoms with Crippen LogP contribution in [0.2, 0.25) is 0 Å². The van der Waals surface area contributed by atoms with E-state index < -0.39 is 4.92 Å². The Labute approximate surface area is 149 Å². The highest BCUT2D eigenvalue weighted by Crippen LogP contribution is 2.37. The number of aryl methyl sites for hydroxylation is 1. The standard InChI is InChI=1S/C19H16N4O3/c24-19(7-8-22-12-16(11-20-22)23(25)26)21-15-5-6-18-14(10-15)9-13-3-1-2-4-17(13)18/h1-6,10-12H,7-9H2,(H,21,24). The Morgan fingerprint density at radius 1 is 1.19 bits per heavy atom. The Kier molecular flexibility index (Phi) is 3.96. The number of carbonyl (C=O) groups is 1. The van der Waals surface area contributed by atoms with E-state index in [9.17, 15) is 14.9 Å². The third kappa shape index (κ3) is 3.06. The molecule has 1 amide bonds. The summed E-state index contributed by atoms with van der Waals surface area (Å²) in [6.07, 6.45) is 3.55. The van der Waals surface area contributed by atoms with E-state index >= 15 is 0 Å². The topological polar surface area (TPSA) is 90.1 Å². The van der Waals surface area contributed by atoms with Crippen molar-refractivity contribution in [1.29, 1.82) is 0 Å². The second-order valence-electron chi connectivity index (χ2n) is 6.22. The van der Waals surface area contributed by atoms with Gasteiger partial charge in [-0.1, -0.05) is 30.3 Å². The summed E-state index contributed by atoms with van der Waals surface area (Å²) < 4.78 is 1.40. The second-order valence-corrected chi connectivity index (χ2v) is 6.22. The van der Waals surface area contributed by atoms with Crippen LogP contribution in [0.4, 0.5) is 11.4 Å². The van der Waals surface area contributed by atoms with E-state index in [0.717, 1.165) is 12.1 Å². The number of anilines is 1. The molecule has 0 fully saturated rings. The summed E-state index contributed by atoms with van der Waals surface area (Å²) in [5.41, 5.74) is 5.64. The van der Waals surface area contributed by atoms with Crippen LogP contribution in [-0.2, 0) is 17.8 Å². The molecule has 26 heavy (non-hydrogen) atoms. The minimum absolute atomic E-state index is 0.0800. The first-order chi connectivity index (χ1) is 12.6. The van der Waals surface area contributed by atoms with E-state index in [1.165, 1.54) is 39.3 Å². The lowest BCUT2D eigenvalue weighted by atomic mass is 10.1. The first-order valence-corrected chi connectivity index (χ1v) is 8.28. The Morgan fingerprint density at radius 2 is 2.00 bits per heavy atom. The first-order valence-electron chi connectivity index (χ1n) is 8.28. The maximum absolute atomic E-state index is 12.2. The van der Waals surface area contributed by atoms with Crippen LogP contribution in [0, 0.1) is 10.1 Å². The average Bonchev–Trinajstić information content (AvgIpc) is 3.24. The van der Waals surface area contributed by atoms with E-state index in [0.29, 0.717) is 0 Å². The number of fused-ring (bicyclic) bond motifs is 3. The molecule has 7 heteroatoms. The molecule has 130 valence electrons. The number of rotatable bonds is 5. The Hall–Kier alpha value is -3.48. The number of nitro groups is 1. The Bertz CT molecular complexity index is 1010. The summed E-state index contributed by atoms with van der Waals surface area (Å²) in [6.45, 7) is 0.288. The molecule has 0 unspecified atom stereocenters. The number of nitrogens with one attached hydrogen (secondary N) is 1. The van der Waals surface area contributed by atoms with E-state index in [1.807, 2.05) is 30.3 Å². The highest BCUT2D eigenvalue weighted by molar-refractivity contribution is 5.91. The van der Waals surface area contributed by atoms with Crippen molar-refractivity contribution in [1.82, 2.24) is 9.78 Å². The number of carbonyl (C=O) groups excluding carboxylic acids is 1. The van der Waals surface area contributed by atoms with Gasteiger partial charge in [-0.3, -0.25) is 19.6 Å². The predicted octanol–water partition coefficient (Wildman–Crippen LogP) is 3.39. The van der Waals surface area contributed by atoms with Crippen LogP contribution in [0.5, 0.6) is 0 Å². The molecular formula is C19H16N4O3. The molecule has 4 rings (SSSR count). The monoisotopic (exact) mass is 348 g/mol. The summed E-state index contributed by atoms with van der Waals surface area (Å²) in [6, 6.07) is 14.2. The fourth-order valence-corrected chi connectivity index (χ4v) is 3.23. The molecule has 1 aliphatic rings. The van der Waals surface area contributed by atoms with Gasteiger partial charge < -0.3 is 5.32 Å². The molecule has 0 saturated carbocycles. The fraction of sp³-hybridized carbons (Fsp3) is 0.158. The van der Waals surface area contributed by atoms with Crippen LogP contribution < -0.4 is 5.32 Å². The van der Waals surface area contributed by atoms with Crippen LogP contribution in [0.15, 0.2) is 54.9 Å². The van der Waals surface area contributed by atoms with Crippen LogP contribution >= 0.6 is 0 Å². The van der Waals surface area contributed by atoms with Crippen molar-refractivity contribution in [3.63, 3.8) is 0 Å². The molecule has 0 saturated heterocycles. The number of amides is 1. The van der Waals surface area contributed by atoms with Gasteiger partial charge in [0.1, 0.15) is 12.4 Å². The zero-order chi connectivity index (χ0) is 18.1. The summed E-state index contributed by atoms with van der Waals surface area (Å²) >= 11 is 0. The largest absolute Gasteiger partial charge is 0.326 e. The Balaban J connectivity index is 1.39. The quantitative estimate of drug-likeness (QED) is 0.442. The van der Waals surface area contributed by atoms with Crippen molar-refractivity contribution in [2.45, 2.75) is 19.4 Å². The molecule has 0 aliphatic heterocycles. The number of benzene rings is 2. The van der Waals surface area contributed by atoms with Gasteiger partial charge in [-0.15, -0.1) is 0 Å². The number of hydrogen-bond donors (Lipinski definition) is 1. The molecule has 0 spiro atoms. The third-order valence-corrected chi connectivity index (χ3v) is 4.48. The highest BCUT2D eigenvalue weighted by Gasteiger charge is 2.18. The maximum atomic E-state index is 12.2.